The Labute approximate surface area is 94.3 Å². The molecule has 0 aromatic heterocycles. The summed E-state index contributed by atoms with van der Waals surface area (Å²) in [4.78, 5) is 23.1. The van der Waals surface area contributed by atoms with Crippen molar-refractivity contribution in [2.24, 2.45) is 23.7 Å². The fourth-order valence-electron chi connectivity index (χ4n) is 3.33. The Morgan fingerprint density at radius 3 is 2.88 bits per heavy atom. The van der Waals surface area contributed by atoms with E-state index in [4.69, 9.17) is 9.47 Å². The van der Waals surface area contributed by atoms with Gasteiger partial charge in [0.15, 0.2) is 0 Å². The minimum absolute atomic E-state index is 0.0828. The highest BCUT2D eigenvalue weighted by Crippen LogP contribution is 2.55. The van der Waals surface area contributed by atoms with Crippen LogP contribution in [0.4, 0.5) is 0 Å². The molecular weight excluding hydrogens is 208 g/mol. The topological polar surface area (TPSA) is 52.6 Å². The van der Waals surface area contributed by atoms with Crippen LogP contribution in [0.1, 0.15) is 26.7 Å². The molecule has 1 saturated heterocycles. The summed E-state index contributed by atoms with van der Waals surface area (Å²) in [6, 6.07) is 0. The van der Waals surface area contributed by atoms with Gasteiger partial charge in [-0.15, -0.1) is 0 Å². The first-order chi connectivity index (χ1) is 7.58. The lowest BCUT2D eigenvalue weighted by Crippen LogP contribution is -2.36. The number of rotatable bonds is 2. The second-order valence-electron chi connectivity index (χ2n) is 5.46. The molecule has 2 aliphatic carbocycles. The number of ether oxygens (including phenoxy) is 2. The summed E-state index contributed by atoms with van der Waals surface area (Å²) in [5, 5.41) is 0. The molecule has 2 bridgehead atoms. The highest BCUT2D eigenvalue weighted by Gasteiger charge is 2.63. The number of carbonyl (C=O) groups is 2. The van der Waals surface area contributed by atoms with Gasteiger partial charge in [0.2, 0.25) is 0 Å². The van der Waals surface area contributed by atoms with E-state index in [-0.39, 0.29) is 36.0 Å². The minimum atomic E-state index is -0.183. The Bertz CT molecular complexity index is 349. The Hall–Kier alpha value is -1.06. The molecule has 2 saturated carbocycles. The van der Waals surface area contributed by atoms with Gasteiger partial charge in [0.05, 0.1) is 11.8 Å². The van der Waals surface area contributed by atoms with E-state index in [2.05, 4.69) is 0 Å². The zero-order chi connectivity index (χ0) is 11.4. The molecule has 16 heavy (non-hydrogen) atoms. The maximum Gasteiger partial charge on any atom is 0.309 e. The molecule has 3 aliphatic rings. The van der Waals surface area contributed by atoms with Gasteiger partial charge in [0.25, 0.3) is 0 Å². The molecule has 0 aromatic rings. The second kappa shape index (κ2) is 3.22. The number of esters is 2. The van der Waals surface area contributed by atoms with Crippen LogP contribution in [-0.2, 0) is 19.1 Å². The number of hydrogen-bond acceptors (Lipinski definition) is 4. The van der Waals surface area contributed by atoms with Crippen molar-refractivity contribution in [3.8, 4) is 0 Å². The molecule has 4 heteroatoms. The summed E-state index contributed by atoms with van der Waals surface area (Å²) < 4.78 is 10.8. The van der Waals surface area contributed by atoms with Crippen LogP contribution in [0.2, 0.25) is 0 Å². The van der Waals surface area contributed by atoms with Gasteiger partial charge in [-0.1, -0.05) is 13.8 Å². The van der Waals surface area contributed by atoms with Crippen molar-refractivity contribution >= 4 is 11.9 Å². The molecule has 0 aromatic carbocycles. The molecule has 0 amide bonds. The zero-order valence-corrected chi connectivity index (χ0v) is 9.51. The predicted molar refractivity (Wildman–Crippen MR) is 54.3 cm³/mol. The van der Waals surface area contributed by atoms with Crippen LogP contribution in [0.3, 0.4) is 0 Å². The van der Waals surface area contributed by atoms with E-state index in [0.29, 0.717) is 11.8 Å². The lowest BCUT2D eigenvalue weighted by Gasteiger charge is -2.25. The van der Waals surface area contributed by atoms with Gasteiger partial charge < -0.3 is 9.47 Å². The van der Waals surface area contributed by atoms with Crippen molar-refractivity contribution in [2.75, 3.05) is 0 Å². The summed E-state index contributed by atoms with van der Waals surface area (Å²) in [5.41, 5.74) is 0. The Kier molecular flexibility index (Phi) is 2.03. The number of carbonyl (C=O) groups excluding carboxylic acids is 2. The average Bonchev–Trinajstić information content (AvgIpc) is 2.81. The van der Waals surface area contributed by atoms with E-state index in [9.17, 15) is 9.59 Å². The number of fused-ring (bicyclic) bond motifs is 1. The van der Waals surface area contributed by atoms with Crippen LogP contribution < -0.4 is 0 Å². The molecule has 1 aliphatic heterocycles. The van der Waals surface area contributed by atoms with Crippen molar-refractivity contribution in [1.29, 1.82) is 0 Å². The molecule has 4 unspecified atom stereocenters. The molecule has 1 heterocycles. The lowest BCUT2D eigenvalue weighted by atomic mass is 9.88. The summed E-state index contributed by atoms with van der Waals surface area (Å²) in [6.07, 6.45) is 1.49. The van der Waals surface area contributed by atoms with Gasteiger partial charge >= 0.3 is 11.9 Å². The molecule has 4 nitrogen and oxygen atoms in total. The minimum Gasteiger partial charge on any atom is -0.458 e. The third-order valence-corrected chi connectivity index (χ3v) is 4.14. The van der Waals surface area contributed by atoms with E-state index < -0.39 is 0 Å². The molecule has 3 fully saturated rings. The largest absolute Gasteiger partial charge is 0.458 e. The van der Waals surface area contributed by atoms with E-state index in [1.165, 1.54) is 0 Å². The molecule has 0 spiro atoms. The highest BCUT2D eigenvalue weighted by atomic mass is 16.6. The first-order valence-electron chi connectivity index (χ1n) is 5.99. The third kappa shape index (κ3) is 1.22. The fourth-order valence-corrected chi connectivity index (χ4v) is 3.33. The quantitative estimate of drug-likeness (QED) is 0.660. The second-order valence-corrected chi connectivity index (χ2v) is 5.46. The average molecular weight is 224 g/mol. The fraction of sp³-hybridized carbons (Fsp3) is 0.833. The van der Waals surface area contributed by atoms with Crippen LogP contribution in [0.5, 0.6) is 0 Å². The van der Waals surface area contributed by atoms with Crippen LogP contribution in [0, 0.1) is 23.7 Å². The van der Waals surface area contributed by atoms with Crippen molar-refractivity contribution in [2.45, 2.75) is 38.9 Å². The molecule has 88 valence electrons. The van der Waals surface area contributed by atoms with E-state index in [1.54, 1.807) is 0 Å². The molecule has 0 radical (unpaired) electrons. The predicted octanol–water partition coefficient (Wildman–Crippen LogP) is 1.14. The van der Waals surface area contributed by atoms with E-state index >= 15 is 0 Å². The number of hydrogen-bond donors (Lipinski definition) is 0. The van der Waals surface area contributed by atoms with Crippen molar-refractivity contribution in [3.63, 3.8) is 0 Å². The van der Waals surface area contributed by atoms with E-state index in [1.807, 2.05) is 13.8 Å². The van der Waals surface area contributed by atoms with Crippen LogP contribution in [-0.4, -0.2) is 24.1 Å². The SMILES string of the molecule is CC(C)C(=O)OC1C2CC3C(=O)OC1[C@@H]3C2. The van der Waals surface area contributed by atoms with Crippen molar-refractivity contribution < 1.29 is 19.1 Å². The summed E-state index contributed by atoms with van der Waals surface area (Å²) in [6.45, 7) is 3.64. The van der Waals surface area contributed by atoms with Gasteiger partial charge in [-0.25, -0.2) is 0 Å². The molecule has 0 N–H and O–H groups in total. The summed E-state index contributed by atoms with van der Waals surface area (Å²) >= 11 is 0. The van der Waals surface area contributed by atoms with Crippen LogP contribution in [0.25, 0.3) is 0 Å². The summed E-state index contributed by atoms with van der Waals surface area (Å²) in [7, 11) is 0. The highest BCUT2D eigenvalue weighted by molar-refractivity contribution is 5.77. The first-order valence-corrected chi connectivity index (χ1v) is 5.99. The van der Waals surface area contributed by atoms with Gasteiger partial charge in [-0.05, 0) is 12.8 Å². The first kappa shape index (κ1) is 10.1. The van der Waals surface area contributed by atoms with Crippen molar-refractivity contribution in [3.05, 3.63) is 0 Å². The lowest BCUT2D eigenvalue weighted by molar-refractivity contribution is -0.164. The third-order valence-electron chi connectivity index (χ3n) is 4.14. The van der Waals surface area contributed by atoms with Crippen LogP contribution >= 0.6 is 0 Å². The standard InChI is InChI=1S/C12H16O4/c1-5(2)11(13)15-9-6-3-7-8(4-6)12(14)16-10(7)9/h5-10H,3-4H2,1-2H3/t6?,7-,8?,9?,10?/m1/s1. The molecular formula is C12H16O4. The smallest absolute Gasteiger partial charge is 0.309 e. The van der Waals surface area contributed by atoms with E-state index in [0.717, 1.165) is 12.8 Å². The Morgan fingerprint density at radius 1 is 1.44 bits per heavy atom. The maximum absolute atomic E-state index is 11.6. The molecule has 3 rings (SSSR count). The maximum atomic E-state index is 11.6. The van der Waals surface area contributed by atoms with Gasteiger partial charge in [0, 0.05) is 11.8 Å². The van der Waals surface area contributed by atoms with Gasteiger partial charge in [0.1, 0.15) is 12.2 Å². The zero-order valence-electron chi connectivity index (χ0n) is 9.51. The normalized spacial score (nSPS) is 43.9. The van der Waals surface area contributed by atoms with Crippen molar-refractivity contribution in [1.82, 2.24) is 0 Å². The summed E-state index contributed by atoms with van der Waals surface area (Å²) in [5.74, 6) is 0.352. The van der Waals surface area contributed by atoms with Crippen LogP contribution in [0.15, 0.2) is 0 Å². The van der Waals surface area contributed by atoms with Gasteiger partial charge in [-0.3, -0.25) is 9.59 Å². The Balaban J connectivity index is 1.75. The van der Waals surface area contributed by atoms with Gasteiger partial charge in [-0.2, -0.15) is 0 Å². The monoisotopic (exact) mass is 224 g/mol. The molecule has 5 atom stereocenters. The Morgan fingerprint density at radius 2 is 2.19 bits per heavy atom.